The Morgan fingerprint density at radius 2 is 2.09 bits per heavy atom. The second-order valence-corrected chi connectivity index (χ2v) is 8.58. The van der Waals surface area contributed by atoms with Gasteiger partial charge >= 0.3 is 0 Å². The lowest BCUT2D eigenvalue weighted by Crippen LogP contribution is -2.52. The van der Waals surface area contributed by atoms with Crippen LogP contribution in [0.15, 0.2) is 23.8 Å². The Morgan fingerprint density at radius 3 is 2.86 bits per heavy atom. The summed E-state index contributed by atoms with van der Waals surface area (Å²) in [6, 6.07) is -0.291. The van der Waals surface area contributed by atoms with Crippen LogP contribution in [0.3, 0.4) is 0 Å². The van der Waals surface area contributed by atoms with Crippen LogP contribution in [-0.2, 0) is 0 Å². The van der Waals surface area contributed by atoms with Gasteiger partial charge in [-0.05, 0) is 55.3 Å². The molecule has 2 nitrogen and oxygen atoms in total. The summed E-state index contributed by atoms with van der Waals surface area (Å²) < 4.78 is 14.3. The smallest absolute Gasteiger partial charge is 0.116 e. The molecule has 8 atom stereocenters. The first-order valence-corrected chi connectivity index (χ1v) is 8.83. The Morgan fingerprint density at radius 1 is 1.32 bits per heavy atom. The van der Waals surface area contributed by atoms with E-state index in [2.05, 4.69) is 26.0 Å². The van der Waals surface area contributed by atoms with E-state index in [-0.39, 0.29) is 23.0 Å². The fraction of sp³-hybridized carbons (Fsp3) is 0.789. The van der Waals surface area contributed by atoms with Gasteiger partial charge in [-0.25, -0.2) is 4.39 Å². The lowest BCUT2D eigenvalue weighted by molar-refractivity contribution is -0.0115. The SMILES string of the molecule is C[C@]12C=CC(O)CC1=CC[C@@H]1[C@H]2CC[C@]2(C)C(N)C(F)C[C@@H]12. The van der Waals surface area contributed by atoms with Crippen molar-refractivity contribution in [3.05, 3.63) is 23.8 Å². The van der Waals surface area contributed by atoms with Crippen LogP contribution in [-0.4, -0.2) is 23.4 Å². The third-order valence-electron chi connectivity index (χ3n) is 7.70. The van der Waals surface area contributed by atoms with E-state index in [4.69, 9.17) is 5.73 Å². The van der Waals surface area contributed by atoms with E-state index < -0.39 is 6.17 Å². The Hall–Kier alpha value is -0.670. The lowest BCUT2D eigenvalue weighted by Gasteiger charge is -2.56. The van der Waals surface area contributed by atoms with E-state index in [1.807, 2.05) is 6.08 Å². The fourth-order valence-corrected chi connectivity index (χ4v) is 6.24. The van der Waals surface area contributed by atoms with E-state index in [1.54, 1.807) is 0 Å². The second-order valence-electron chi connectivity index (χ2n) is 8.58. The van der Waals surface area contributed by atoms with Gasteiger partial charge in [0.1, 0.15) is 6.17 Å². The highest BCUT2D eigenvalue weighted by molar-refractivity contribution is 5.33. The molecule has 0 aliphatic heterocycles. The number of nitrogens with two attached hydrogens (primary N) is 1. The highest BCUT2D eigenvalue weighted by Gasteiger charge is 2.60. The van der Waals surface area contributed by atoms with E-state index in [0.717, 1.165) is 25.7 Å². The monoisotopic (exact) mass is 305 g/mol. The first-order valence-electron chi connectivity index (χ1n) is 8.83. The highest BCUT2D eigenvalue weighted by atomic mass is 19.1. The molecule has 0 aromatic carbocycles. The molecule has 0 spiro atoms. The van der Waals surface area contributed by atoms with Crippen LogP contribution >= 0.6 is 0 Å². The summed E-state index contributed by atoms with van der Waals surface area (Å²) in [5.74, 6) is 1.53. The predicted molar refractivity (Wildman–Crippen MR) is 85.9 cm³/mol. The van der Waals surface area contributed by atoms with Crippen molar-refractivity contribution in [2.24, 2.45) is 34.3 Å². The number of allylic oxidation sites excluding steroid dienone is 2. The van der Waals surface area contributed by atoms with Crippen LogP contribution in [0.1, 0.15) is 46.0 Å². The molecule has 22 heavy (non-hydrogen) atoms. The number of aliphatic hydroxyl groups excluding tert-OH is 1. The maximum atomic E-state index is 14.3. The largest absolute Gasteiger partial charge is 0.389 e. The molecule has 0 heterocycles. The summed E-state index contributed by atoms with van der Waals surface area (Å²) in [5.41, 5.74) is 7.66. The fourth-order valence-electron chi connectivity index (χ4n) is 6.24. The van der Waals surface area contributed by atoms with Crippen molar-refractivity contribution in [1.29, 1.82) is 0 Å². The first-order chi connectivity index (χ1) is 10.4. The molecule has 3 N–H and O–H groups in total. The van der Waals surface area contributed by atoms with Gasteiger partial charge in [-0.2, -0.15) is 0 Å². The minimum absolute atomic E-state index is 0.0276. The third kappa shape index (κ3) is 1.78. The van der Waals surface area contributed by atoms with Crippen LogP contribution in [0.2, 0.25) is 0 Å². The molecule has 0 saturated heterocycles. The minimum atomic E-state index is -0.837. The molecule has 3 heteroatoms. The van der Waals surface area contributed by atoms with Crippen LogP contribution in [0.5, 0.6) is 0 Å². The summed E-state index contributed by atoms with van der Waals surface area (Å²) in [5, 5.41) is 9.93. The van der Waals surface area contributed by atoms with Gasteiger partial charge in [-0.3, -0.25) is 0 Å². The van der Waals surface area contributed by atoms with Gasteiger partial charge in [0, 0.05) is 11.5 Å². The van der Waals surface area contributed by atoms with Crippen LogP contribution < -0.4 is 5.73 Å². The minimum Gasteiger partial charge on any atom is -0.389 e. The molecule has 2 saturated carbocycles. The van der Waals surface area contributed by atoms with Crippen LogP contribution in [0, 0.1) is 28.6 Å². The molecule has 2 fully saturated rings. The van der Waals surface area contributed by atoms with Gasteiger partial charge in [0.15, 0.2) is 0 Å². The van der Waals surface area contributed by atoms with Crippen molar-refractivity contribution < 1.29 is 9.50 Å². The number of hydrogen-bond donors (Lipinski definition) is 2. The topological polar surface area (TPSA) is 46.2 Å². The average Bonchev–Trinajstić information content (AvgIpc) is 2.72. The molecule has 4 rings (SSSR count). The Balaban J connectivity index is 1.71. The van der Waals surface area contributed by atoms with Crippen LogP contribution in [0.4, 0.5) is 4.39 Å². The van der Waals surface area contributed by atoms with Crippen molar-refractivity contribution in [2.75, 3.05) is 0 Å². The molecule has 0 aromatic heterocycles. The van der Waals surface area contributed by atoms with Crippen molar-refractivity contribution in [3.8, 4) is 0 Å². The normalized spacial score (nSPS) is 56.9. The predicted octanol–water partition coefficient (Wildman–Crippen LogP) is 3.36. The lowest BCUT2D eigenvalue weighted by atomic mass is 9.49. The van der Waals surface area contributed by atoms with E-state index in [0.29, 0.717) is 24.2 Å². The Labute approximate surface area is 132 Å². The van der Waals surface area contributed by atoms with Gasteiger partial charge < -0.3 is 10.8 Å². The molecule has 0 amide bonds. The van der Waals surface area contributed by atoms with Gasteiger partial charge in [0.05, 0.1) is 6.10 Å². The number of hydrogen-bond acceptors (Lipinski definition) is 2. The zero-order valence-corrected chi connectivity index (χ0v) is 13.6. The standard InChI is InChI=1S/C19H28FNO/c1-18-7-5-12(22)9-11(18)3-4-13-14(18)6-8-19(2)15(13)10-16(20)17(19)21/h3,5,7,12-17,22H,4,6,8-10,21H2,1-2H3/t12?,13-,14-,15+,16?,17?,18+,19+/m1/s1. The summed E-state index contributed by atoms with van der Waals surface area (Å²) >= 11 is 0. The van der Waals surface area contributed by atoms with Crippen molar-refractivity contribution in [2.45, 2.75) is 64.3 Å². The molecule has 0 radical (unpaired) electrons. The summed E-state index contributed by atoms with van der Waals surface area (Å²) in [6.07, 6.45) is 9.99. The maximum Gasteiger partial charge on any atom is 0.116 e. The number of halogens is 1. The molecule has 4 aliphatic carbocycles. The van der Waals surface area contributed by atoms with E-state index in [9.17, 15) is 9.50 Å². The third-order valence-corrected chi connectivity index (χ3v) is 7.70. The summed E-state index contributed by atoms with van der Waals surface area (Å²) in [6.45, 7) is 4.54. The van der Waals surface area contributed by atoms with Gasteiger partial charge in [0.25, 0.3) is 0 Å². The van der Waals surface area contributed by atoms with Gasteiger partial charge in [-0.1, -0.05) is 37.6 Å². The highest BCUT2D eigenvalue weighted by Crippen LogP contribution is 2.63. The number of alkyl halides is 1. The van der Waals surface area contributed by atoms with Crippen molar-refractivity contribution in [1.82, 2.24) is 0 Å². The summed E-state index contributed by atoms with van der Waals surface area (Å²) in [7, 11) is 0. The molecule has 3 unspecified atom stereocenters. The second kappa shape index (κ2) is 4.67. The van der Waals surface area contributed by atoms with Gasteiger partial charge in [0.2, 0.25) is 0 Å². The number of rotatable bonds is 0. The number of aliphatic hydroxyl groups is 1. The zero-order valence-electron chi connectivity index (χ0n) is 13.6. The first kappa shape index (κ1) is 14.9. The molecular weight excluding hydrogens is 277 g/mol. The van der Waals surface area contributed by atoms with Crippen molar-refractivity contribution in [3.63, 3.8) is 0 Å². The maximum absolute atomic E-state index is 14.3. The molecule has 4 aliphatic rings. The molecule has 0 bridgehead atoms. The Bertz CT molecular complexity index is 544. The van der Waals surface area contributed by atoms with Crippen LogP contribution in [0.25, 0.3) is 0 Å². The Kier molecular flexibility index (Phi) is 3.16. The van der Waals surface area contributed by atoms with E-state index >= 15 is 0 Å². The van der Waals surface area contributed by atoms with Crippen molar-refractivity contribution >= 4 is 0 Å². The molecule has 0 aromatic rings. The average molecular weight is 305 g/mol. The molecule has 122 valence electrons. The number of fused-ring (bicyclic) bond motifs is 5. The van der Waals surface area contributed by atoms with E-state index in [1.165, 1.54) is 5.57 Å². The summed E-state index contributed by atoms with van der Waals surface area (Å²) in [4.78, 5) is 0. The quantitative estimate of drug-likeness (QED) is 0.674. The van der Waals surface area contributed by atoms with Gasteiger partial charge in [-0.15, -0.1) is 0 Å². The molecular formula is C19H28FNO. The zero-order chi connectivity index (χ0) is 15.7.